The Morgan fingerprint density at radius 1 is 0.800 bits per heavy atom. The van der Waals surface area contributed by atoms with E-state index in [4.69, 9.17) is 0 Å². The van der Waals surface area contributed by atoms with Crippen molar-refractivity contribution in [3.05, 3.63) is 71.8 Å². The van der Waals surface area contributed by atoms with Gasteiger partial charge in [-0.25, -0.2) is 0 Å². The van der Waals surface area contributed by atoms with Crippen molar-refractivity contribution in [1.82, 2.24) is 0 Å². The average molecular weight is 360 g/mol. The van der Waals surface area contributed by atoms with Gasteiger partial charge in [0.15, 0.2) is 0 Å². The van der Waals surface area contributed by atoms with Gasteiger partial charge in [0.05, 0.1) is 23.3 Å². The molecule has 0 spiro atoms. The molecule has 132 valence electrons. The molecule has 7 heteroatoms. The van der Waals surface area contributed by atoms with Crippen molar-refractivity contribution < 1.29 is 29.3 Å². The summed E-state index contributed by atoms with van der Waals surface area (Å²) in [4.78, 5) is 33.4. The minimum absolute atomic E-state index is 0.296. The van der Waals surface area contributed by atoms with E-state index in [1.807, 2.05) is 0 Å². The van der Waals surface area contributed by atoms with Gasteiger partial charge >= 0.3 is 0 Å². The van der Waals surface area contributed by atoms with E-state index in [0.717, 1.165) is 0 Å². The molecule has 0 aliphatic rings. The molecule has 0 radical (unpaired) electrons. The van der Waals surface area contributed by atoms with Crippen LogP contribution in [-0.2, 0) is 27.0 Å². The van der Waals surface area contributed by atoms with E-state index in [9.17, 15) is 29.3 Å². The van der Waals surface area contributed by atoms with E-state index in [0.29, 0.717) is 11.1 Å². The van der Waals surface area contributed by atoms with Gasteiger partial charge in [-0.05, 0) is 24.0 Å². The fourth-order valence-electron chi connectivity index (χ4n) is 2.62. The van der Waals surface area contributed by atoms with Crippen LogP contribution in [0.3, 0.4) is 0 Å². The molecule has 2 aromatic rings. The number of aliphatic carboxylic acids is 2. The molecule has 0 aromatic heterocycles. The van der Waals surface area contributed by atoms with Crippen LogP contribution in [0, 0.1) is 0 Å². The highest BCUT2D eigenvalue weighted by molar-refractivity contribution is 7.61. The van der Waals surface area contributed by atoms with Gasteiger partial charge < -0.3 is 24.7 Å². The summed E-state index contributed by atoms with van der Waals surface area (Å²) in [5.41, 5.74) is -2.66. The molecule has 0 saturated heterocycles. The molecule has 6 nitrogen and oxygen atoms in total. The summed E-state index contributed by atoms with van der Waals surface area (Å²) in [5, 5.41) is 22.9. The first-order valence-electron chi connectivity index (χ1n) is 7.64. The maximum atomic E-state index is 12.8. The summed E-state index contributed by atoms with van der Waals surface area (Å²) < 4.78 is 12.8. The highest BCUT2D eigenvalue weighted by Gasteiger charge is 2.40. The number of carboxylic acid groups (broad SMARTS) is 2. The largest absolute Gasteiger partial charge is 0.549 e. The van der Waals surface area contributed by atoms with E-state index in [2.05, 4.69) is 0 Å². The molecule has 0 aliphatic carbocycles. The number of rotatable bonds is 8. The number of hydrogen-bond donors (Lipinski definition) is 1. The number of carbonyl (C=O) groups is 2. The quantitative estimate of drug-likeness (QED) is 0.661. The third kappa shape index (κ3) is 4.78. The normalized spacial score (nSPS) is 15.7. The van der Waals surface area contributed by atoms with Gasteiger partial charge in [0, 0.05) is 0 Å². The van der Waals surface area contributed by atoms with Crippen molar-refractivity contribution in [2.75, 3.05) is 0 Å². The number of hydrogen-bond acceptors (Lipinski definition) is 5. The fourth-order valence-corrected chi connectivity index (χ4v) is 4.61. The molecule has 3 atom stereocenters. The van der Waals surface area contributed by atoms with E-state index in [-0.39, 0.29) is 12.8 Å². The topological polar surface area (TPSA) is 118 Å². The molecule has 0 heterocycles. The molecule has 25 heavy (non-hydrogen) atoms. The second-order valence-electron chi connectivity index (χ2n) is 5.72. The lowest BCUT2D eigenvalue weighted by atomic mass is 10.1. The molecule has 0 bridgehead atoms. The average Bonchev–Trinajstić information content (AvgIpc) is 2.58. The molecular weight excluding hydrogens is 343 g/mol. The molecule has 0 saturated carbocycles. The molecule has 0 fully saturated rings. The van der Waals surface area contributed by atoms with Crippen LogP contribution in [0.15, 0.2) is 60.7 Å². The van der Waals surface area contributed by atoms with Crippen molar-refractivity contribution in [3.63, 3.8) is 0 Å². The van der Waals surface area contributed by atoms with Gasteiger partial charge in [0.25, 0.3) is 0 Å². The van der Waals surface area contributed by atoms with Crippen LogP contribution in [0.1, 0.15) is 11.1 Å². The maximum absolute atomic E-state index is 12.8. The Balaban J connectivity index is 2.33. The molecule has 0 aliphatic heterocycles. The second kappa shape index (κ2) is 8.10. The Morgan fingerprint density at radius 2 is 1.12 bits per heavy atom. The summed E-state index contributed by atoms with van der Waals surface area (Å²) >= 11 is 0. The van der Waals surface area contributed by atoms with Crippen molar-refractivity contribution >= 4 is 19.3 Å². The smallest absolute Gasteiger partial charge is 0.218 e. The van der Waals surface area contributed by atoms with E-state index in [1.54, 1.807) is 60.7 Å². The standard InChI is InChI=1S/C18H19O6P/c19-17(20)15(11-13-7-3-1-4-8-13)25(23,24)16(18(21)22)12-14-9-5-2-6-10-14/h1-10,15-16H,11-12H2,(H,19,20)(H,21,22)(H,23,24)/p-2/t15-,16+. The lowest BCUT2D eigenvalue weighted by Crippen LogP contribution is -2.44. The summed E-state index contributed by atoms with van der Waals surface area (Å²) in [7, 11) is -4.68. The van der Waals surface area contributed by atoms with Gasteiger partial charge in [-0.1, -0.05) is 60.7 Å². The number of benzene rings is 2. The predicted octanol–water partition coefficient (Wildman–Crippen LogP) is -0.0208. The van der Waals surface area contributed by atoms with Crippen LogP contribution >= 0.6 is 7.37 Å². The summed E-state index contributed by atoms with van der Waals surface area (Å²) in [6.45, 7) is 0. The molecule has 1 unspecified atom stereocenters. The zero-order valence-electron chi connectivity index (χ0n) is 13.3. The Kier molecular flexibility index (Phi) is 6.12. The van der Waals surface area contributed by atoms with Crippen molar-refractivity contribution in [2.45, 2.75) is 24.2 Å². The molecule has 2 rings (SSSR count). The minimum Gasteiger partial charge on any atom is -0.549 e. The zero-order chi connectivity index (χ0) is 18.4. The maximum Gasteiger partial charge on any atom is 0.218 e. The van der Waals surface area contributed by atoms with Gasteiger partial charge in [0.1, 0.15) is 0 Å². The second-order valence-corrected chi connectivity index (χ2v) is 8.31. The fraction of sp³-hybridized carbons (Fsp3) is 0.222. The first kappa shape index (κ1) is 18.9. The van der Waals surface area contributed by atoms with Crippen molar-refractivity contribution in [1.29, 1.82) is 0 Å². The SMILES string of the molecule is O=C([O-])[C@@H](Cc1ccccc1)P(=O)(O)[C@@H](Cc1ccccc1)C(=O)[O-]. The number of carbonyl (C=O) groups excluding carboxylic acids is 2. The Hall–Kier alpha value is -2.43. The molecule has 1 N–H and O–H groups in total. The zero-order valence-corrected chi connectivity index (χ0v) is 14.2. The van der Waals surface area contributed by atoms with Crippen LogP contribution in [-0.4, -0.2) is 28.2 Å². The summed E-state index contributed by atoms with van der Waals surface area (Å²) in [5.74, 6) is -3.51. The lowest BCUT2D eigenvalue weighted by Gasteiger charge is -2.31. The highest BCUT2D eigenvalue weighted by Crippen LogP contribution is 2.53. The molecular formula is C18H17O6P-2. The van der Waals surface area contributed by atoms with E-state index in [1.165, 1.54) is 0 Å². The Bertz CT molecular complexity index is 711. The van der Waals surface area contributed by atoms with Crippen LogP contribution in [0.5, 0.6) is 0 Å². The third-order valence-electron chi connectivity index (χ3n) is 3.98. The Morgan fingerprint density at radius 3 is 1.40 bits per heavy atom. The first-order valence-corrected chi connectivity index (χ1v) is 9.44. The van der Waals surface area contributed by atoms with Crippen molar-refractivity contribution in [2.24, 2.45) is 0 Å². The predicted molar refractivity (Wildman–Crippen MR) is 87.7 cm³/mol. The third-order valence-corrected chi connectivity index (χ3v) is 6.55. The minimum atomic E-state index is -4.68. The van der Waals surface area contributed by atoms with Gasteiger partial charge in [-0.3, -0.25) is 4.57 Å². The van der Waals surface area contributed by atoms with E-state index >= 15 is 0 Å². The lowest BCUT2D eigenvalue weighted by molar-refractivity contribution is -0.305. The monoisotopic (exact) mass is 360 g/mol. The van der Waals surface area contributed by atoms with Crippen molar-refractivity contribution in [3.8, 4) is 0 Å². The first-order chi connectivity index (χ1) is 11.8. The highest BCUT2D eigenvalue weighted by atomic mass is 31.2. The summed E-state index contributed by atoms with van der Waals surface area (Å²) in [6.07, 6.45) is -0.592. The molecule has 2 aromatic carbocycles. The van der Waals surface area contributed by atoms with Gasteiger partial charge in [-0.2, -0.15) is 0 Å². The Labute approximate surface area is 145 Å². The number of carboxylic acids is 2. The van der Waals surface area contributed by atoms with Crippen LogP contribution in [0.25, 0.3) is 0 Å². The van der Waals surface area contributed by atoms with Crippen LogP contribution in [0.2, 0.25) is 0 Å². The van der Waals surface area contributed by atoms with Gasteiger partial charge in [0.2, 0.25) is 7.37 Å². The van der Waals surface area contributed by atoms with E-state index < -0.39 is 30.6 Å². The van der Waals surface area contributed by atoms with Crippen LogP contribution in [0.4, 0.5) is 0 Å². The van der Waals surface area contributed by atoms with Gasteiger partial charge in [-0.15, -0.1) is 0 Å². The molecule has 0 amide bonds. The van der Waals surface area contributed by atoms with Crippen LogP contribution < -0.4 is 10.2 Å². The summed E-state index contributed by atoms with van der Waals surface area (Å²) in [6, 6.07) is 16.5.